The number of nitrogens with one attached hydrogen (secondary N) is 2. The Labute approximate surface area is 170 Å². The van der Waals surface area contributed by atoms with Gasteiger partial charge in [0.05, 0.1) is 37.4 Å². The zero-order valence-electron chi connectivity index (χ0n) is 17.4. The van der Waals surface area contributed by atoms with E-state index >= 15 is 0 Å². The Hall–Kier alpha value is -2.67. The highest BCUT2D eigenvalue weighted by Crippen LogP contribution is 2.46. The van der Waals surface area contributed by atoms with E-state index in [1.165, 1.54) is 12.0 Å². The molecule has 1 aromatic heterocycles. The molecule has 29 heavy (non-hydrogen) atoms. The number of fused-ring (bicyclic) bond motifs is 1. The number of aliphatic imine (C=N–C) groups is 1. The molecule has 2 amide bonds. The number of carbonyl (C=O) groups is 2. The van der Waals surface area contributed by atoms with Crippen LogP contribution in [0.3, 0.4) is 0 Å². The van der Waals surface area contributed by atoms with Crippen LogP contribution in [0.5, 0.6) is 0 Å². The van der Waals surface area contributed by atoms with Crippen LogP contribution in [0.15, 0.2) is 11.3 Å². The third kappa shape index (κ3) is 4.67. The Kier molecular flexibility index (Phi) is 5.80. The number of hydrogen-bond donors (Lipinski definition) is 2. The molecular formula is C20H29N5O4. The van der Waals surface area contributed by atoms with Crippen molar-refractivity contribution in [3.63, 3.8) is 0 Å². The topological polar surface area (TPSA) is 117 Å². The molecule has 2 N–H and O–H groups in total. The maximum Gasteiger partial charge on any atom is 0.329 e. The van der Waals surface area contributed by atoms with Crippen molar-refractivity contribution in [1.82, 2.24) is 20.2 Å². The number of rotatable bonds is 4. The van der Waals surface area contributed by atoms with Gasteiger partial charge in [-0.05, 0) is 30.1 Å². The zero-order valence-corrected chi connectivity index (χ0v) is 17.4. The van der Waals surface area contributed by atoms with Crippen molar-refractivity contribution in [3.8, 4) is 0 Å². The number of aromatic nitrogens is 2. The van der Waals surface area contributed by atoms with E-state index in [4.69, 9.17) is 4.74 Å². The lowest BCUT2D eigenvalue weighted by molar-refractivity contribution is -0.146. The molecule has 9 heteroatoms. The average molecular weight is 403 g/mol. The van der Waals surface area contributed by atoms with Crippen LogP contribution >= 0.6 is 0 Å². The van der Waals surface area contributed by atoms with Crippen molar-refractivity contribution >= 4 is 18.1 Å². The highest BCUT2D eigenvalue weighted by Gasteiger charge is 2.42. The number of aromatic amines is 1. The molecule has 1 aromatic rings. The number of imidazole rings is 1. The van der Waals surface area contributed by atoms with Crippen molar-refractivity contribution in [2.24, 2.45) is 15.8 Å². The standard InChI is InChI=1S/C20H29N5O4/c1-19(2)6-13(24-12-26)7-20(3,9-19)10-21-18(28)25-8-15-14(22-11-23-15)5-16(25)17(27)29-4/h11,13,16H,5-10H2,1-4H3,(H,21,28)(H,22,23). The van der Waals surface area contributed by atoms with Crippen LogP contribution in [0.4, 0.5) is 4.79 Å². The lowest BCUT2D eigenvalue weighted by Gasteiger charge is -2.45. The lowest BCUT2D eigenvalue weighted by atomic mass is 9.63. The first-order valence-electron chi connectivity index (χ1n) is 9.87. The molecule has 1 saturated carbocycles. The Morgan fingerprint density at radius 1 is 1.41 bits per heavy atom. The Balaban J connectivity index is 1.71. The number of urea groups is 1. The molecule has 3 atom stereocenters. The molecule has 158 valence electrons. The molecule has 9 nitrogen and oxygen atoms in total. The molecule has 0 saturated heterocycles. The summed E-state index contributed by atoms with van der Waals surface area (Å²) < 4.78 is 4.90. The lowest BCUT2D eigenvalue weighted by Crippen LogP contribution is -2.54. The Morgan fingerprint density at radius 2 is 2.17 bits per heavy atom. The number of nitrogens with zero attached hydrogens (tertiary/aromatic N) is 3. The number of H-pyrrole nitrogens is 1. The summed E-state index contributed by atoms with van der Waals surface area (Å²) in [6.07, 6.45) is 6.00. The van der Waals surface area contributed by atoms with Crippen LogP contribution in [-0.2, 0) is 27.3 Å². The molecule has 2 heterocycles. The average Bonchev–Trinajstić information content (AvgIpc) is 3.10. The van der Waals surface area contributed by atoms with Crippen LogP contribution in [0.25, 0.3) is 0 Å². The fraction of sp³-hybridized carbons (Fsp3) is 0.700. The van der Waals surface area contributed by atoms with Gasteiger partial charge in [0.15, 0.2) is 0 Å². The van der Waals surface area contributed by atoms with Crippen LogP contribution < -0.4 is 5.32 Å². The molecule has 0 radical (unpaired) electrons. The molecule has 3 unspecified atom stereocenters. The minimum Gasteiger partial charge on any atom is -0.467 e. The summed E-state index contributed by atoms with van der Waals surface area (Å²) in [5.41, 5.74) is 1.40. The summed E-state index contributed by atoms with van der Waals surface area (Å²) in [6, 6.07) is -1.12. The van der Waals surface area contributed by atoms with Crippen LogP contribution in [0.2, 0.25) is 0 Å². The summed E-state index contributed by atoms with van der Waals surface area (Å²) in [5, 5.41) is 3.00. The predicted molar refractivity (Wildman–Crippen MR) is 105 cm³/mol. The van der Waals surface area contributed by atoms with Crippen molar-refractivity contribution < 1.29 is 19.1 Å². The minimum absolute atomic E-state index is 0.00718. The molecule has 3 rings (SSSR count). The van der Waals surface area contributed by atoms with Gasteiger partial charge in [-0.3, -0.25) is 0 Å². The predicted octanol–water partition coefficient (Wildman–Crippen LogP) is 1.94. The van der Waals surface area contributed by atoms with Gasteiger partial charge in [-0.2, -0.15) is 0 Å². The first-order valence-corrected chi connectivity index (χ1v) is 9.87. The van der Waals surface area contributed by atoms with Gasteiger partial charge in [0.2, 0.25) is 6.08 Å². The number of methoxy groups -OCH3 is 1. The quantitative estimate of drug-likeness (QED) is 0.453. The number of hydrogen-bond acceptors (Lipinski definition) is 6. The van der Waals surface area contributed by atoms with Crippen molar-refractivity contribution in [1.29, 1.82) is 0 Å². The Morgan fingerprint density at radius 3 is 2.86 bits per heavy atom. The molecule has 2 aliphatic rings. The summed E-state index contributed by atoms with van der Waals surface area (Å²) >= 11 is 0. The SMILES string of the molecule is COC(=O)C1Cc2nc[nH]c2CN1C(=O)NCC1(C)CC(N=C=O)CC(C)(C)C1. The van der Waals surface area contributed by atoms with E-state index in [-0.39, 0.29) is 29.4 Å². The maximum absolute atomic E-state index is 13.0. The molecule has 1 aliphatic heterocycles. The fourth-order valence-corrected chi connectivity index (χ4v) is 5.07. The van der Waals surface area contributed by atoms with E-state index in [1.54, 1.807) is 12.4 Å². The number of esters is 1. The number of ether oxygens (including phenoxy) is 1. The second kappa shape index (κ2) is 7.99. The summed E-state index contributed by atoms with van der Waals surface area (Å²) in [5.74, 6) is -0.459. The third-order valence-corrected chi connectivity index (χ3v) is 5.96. The van der Waals surface area contributed by atoms with Crippen LogP contribution in [0.1, 0.15) is 51.4 Å². The number of carbonyl (C=O) groups excluding carboxylic acids is 3. The van der Waals surface area contributed by atoms with Crippen molar-refractivity contribution in [2.45, 2.75) is 65.1 Å². The van der Waals surface area contributed by atoms with Gasteiger partial charge in [-0.1, -0.05) is 20.8 Å². The fourth-order valence-electron chi connectivity index (χ4n) is 5.07. The first kappa shape index (κ1) is 21.0. The van der Waals surface area contributed by atoms with Crippen molar-refractivity contribution in [2.75, 3.05) is 13.7 Å². The van der Waals surface area contributed by atoms with Crippen LogP contribution in [-0.4, -0.2) is 58.7 Å². The Bertz CT molecular complexity index is 829. The van der Waals surface area contributed by atoms with Gasteiger partial charge in [0.25, 0.3) is 0 Å². The van der Waals surface area contributed by atoms with E-state index < -0.39 is 12.0 Å². The second-order valence-electron chi connectivity index (χ2n) is 9.29. The number of isocyanates is 1. The molecule has 0 spiro atoms. The van der Waals surface area contributed by atoms with Gasteiger partial charge in [0, 0.05) is 13.0 Å². The second-order valence-corrected chi connectivity index (χ2v) is 9.29. The van der Waals surface area contributed by atoms with Gasteiger partial charge in [0.1, 0.15) is 6.04 Å². The van der Waals surface area contributed by atoms with Gasteiger partial charge >= 0.3 is 12.0 Å². The summed E-state index contributed by atoms with van der Waals surface area (Å²) in [6.45, 7) is 7.10. The maximum atomic E-state index is 13.0. The summed E-state index contributed by atoms with van der Waals surface area (Å²) in [7, 11) is 1.32. The smallest absolute Gasteiger partial charge is 0.329 e. The zero-order chi connectivity index (χ0) is 21.2. The molecule has 0 bridgehead atoms. The van der Waals surface area contributed by atoms with E-state index in [1.807, 2.05) is 0 Å². The highest BCUT2D eigenvalue weighted by molar-refractivity contribution is 5.84. The monoisotopic (exact) mass is 403 g/mol. The van der Waals surface area contributed by atoms with Gasteiger partial charge in [-0.15, -0.1) is 0 Å². The van der Waals surface area contributed by atoms with E-state index in [9.17, 15) is 14.4 Å². The van der Waals surface area contributed by atoms with E-state index in [0.717, 1.165) is 24.2 Å². The highest BCUT2D eigenvalue weighted by atomic mass is 16.5. The largest absolute Gasteiger partial charge is 0.467 e. The third-order valence-electron chi connectivity index (χ3n) is 5.96. The molecule has 1 aliphatic carbocycles. The molecular weight excluding hydrogens is 374 g/mol. The van der Waals surface area contributed by atoms with Gasteiger partial charge in [-0.25, -0.2) is 24.4 Å². The van der Waals surface area contributed by atoms with Crippen LogP contribution in [0, 0.1) is 10.8 Å². The normalized spacial score (nSPS) is 28.1. The first-order chi connectivity index (χ1) is 13.7. The van der Waals surface area contributed by atoms with Crippen molar-refractivity contribution in [3.05, 3.63) is 17.7 Å². The van der Waals surface area contributed by atoms with E-state index in [0.29, 0.717) is 19.4 Å². The number of amides is 2. The summed E-state index contributed by atoms with van der Waals surface area (Å²) in [4.78, 5) is 48.7. The minimum atomic E-state index is -0.709. The van der Waals surface area contributed by atoms with E-state index in [2.05, 4.69) is 41.0 Å². The molecule has 0 aromatic carbocycles. The van der Waals surface area contributed by atoms with Gasteiger partial charge < -0.3 is 19.9 Å². The molecule has 1 fully saturated rings.